The van der Waals surface area contributed by atoms with E-state index in [0.717, 1.165) is 11.5 Å². The highest BCUT2D eigenvalue weighted by atomic mass is 16.6. The standard InChI is InChI=1S/C18H28O/c1-2-3-4-5-6-7-8-9-10-11-12-16-13-14-17-18(15-16)19-17/h13-15H,2-12H2,1H3. The number of hydrogen-bond acceptors (Lipinski definition) is 1. The number of rotatable bonds is 11. The molecule has 0 spiro atoms. The molecule has 1 aliphatic rings. The van der Waals surface area contributed by atoms with Gasteiger partial charge in [0.2, 0.25) is 0 Å². The smallest absolute Gasteiger partial charge is 0.170 e. The van der Waals surface area contributed by atoms with E-state index in [1.54, 1.807) is 0 Å². The van der Waals surface area contributed by atoms with Crippen LogP contribution < -0.4 is 4.74 Å². The number of benzene rings is 1. The fourth-order valence-electron chi connectivity index (χ4n) is 2.68. The molecular weight excluding hydrogens is 232 g/mol. The van der Waals surface area contributed by atoms with E-state index in [1.165, 1.54) is 76.2 Å². The van der Waals surface area contributed by atoms with Gasteiger partial charge in [-0.25, -0.2) is 0 Å². The molecule has 1 aromatic carbocycles. The summed E-state index contributed by atoms with van der Waals surface area (Å²) in [6, 6.07) is 6.50. The Morgan fingerprint density at radius 2 is 1.37 bits per heavy atom. The molecule has 1 heterocycles. The van der Waals surface area contributed by atoms with Gasteiger partial charge >= 0.3 is 0 Å². The van der Waals surface area contributed by atoms with Crippen LogP contribution >= 0.6 is 0 Å². The molecule has 0 atom stereocenters. The van der Waals surface area contributed by atoms with Crippen molar-refractivity contribution in [3.8, 4) is 11.5 Å². The first-order chi connectivity index (χ1) is 9.40. The van der Waals surface area contributed by atoms with Gasteiger partial charge in [-0.2, -0.15) is 0 Å². The molecule has 1 nitrogen and oxygen atoms in total. The van der Waals surface area contributed by atoms with E-state index in [2.05, 4.69) is 25.1 Å². The summed E-state index contributed by atoms with van der Waals surface area (Å²) in [5, 5.41) is 0. The van der Waals surface area contributed by atoms with Gasteiger partial charge in [0, 0.05) is 0 Å². The summed E-state index contributed by atoms with van der Waals surface area (Å²) in [7, 11) is 0. The number of fused-ring (bicyclic) bond motifs is 1. The van der Waals surface area contributed by atoms with Crippen LogP contribution in [0.1, 0.15) is 76.7 Å². The highest BCUT2D eigenvalue weighted by Crippen LogP contribution is 2.45. The normalized spacial score (nSPS) is 12.1. The first-order valence-corrected chi connectivity index (χ1v) is 8.21. The van der Waals surface area contributed by atoms with Gasteiger partial charge in [-0.3, -0.25) is 0 Å². The zero-order chi connectivity index (χ0) is 13.3. The summed E-state index contributed by atoms with van der Waals surface area (Å²) in [5.74, 6) is 2.18. The van der Waals surface area contributed by atoms with Crippen molar-refractivity contribution < 1.29 is 4.74 Å². The van der Waals surface area contributed by atoms with Crippen molar-refractivity contribution in [2.24, 2.45) is 0 Å². The van der Waals surface area contributed by atoms with Crippen LogP contribution in [0.15, 0.2) is 18.2 Å². The highest BCUT2D eigenvalue weighted by Gasteiger charge is 2.18. The molecule has 0 fully saturated rings. The lowest BCUT2D eigenvalue weighted by molar-refractivity contribution is 0.556. The van der Waals surface area contributed by atoms with Gasteiger partial charge in [-0.15, -0.1) is 0 Å². The molecular formula is C18H28O. The average molecular weight is 260 g/mol. The first kappa shape index (κ1) is 14.4. The molecule has 0 N–H and O–H groups in total. The number of aryl methyl sites for hydroxylation is 1. The lowest BCUT2D eigenvalue weighted by atomic mass is 10.0. The maximum atomic E-state index is 5.28. The minimum absolute atomic E-state index is 1.08. The van der Waals surface area contributed by atoms with E-state index < -0.39 is 0 Å². The van der Waals surface area contributed by atoms with Crippen molar-refractivity contribution in [3.05, 3.63) is 23.8 Å². The fraction of sp³-hybridized carbons (Fsp3) is 0.667. The lowest BCUT2D eigenvalue weighted by Crippen LogP contribution is -1.85. The van der Waals surface area contributed by atoms with Crippen LogP contribution in [0.25, 0.3) is 0 Å². The van der Waals surface area contributed by atoms with Gasteiger partial charge in [-0.05, 0) is 30.5 Å². The SMILES string of the molecule is CCCCCCCCCCCCc1ccc2c(c1)O2. The van der Waals surface area contributed by atoms with Gasteiger partial charge in [0.15, 0.2) is 11.5 Å². The highest BCUT2D eigenvalue weighted by molar-refractivity contribution is 5.55. The lowest BCUT2D eigenvalue weighted by Gasteiger charge is -2.02. The number of unbranched alkanes of at least 4 members (excludes halogenated alkanes) is 9. The van der Waals surface area contributed by atoms with E-state index in [-0.39, 0.29) is 0 Å². The van der Waals surface area contributed by atoms with E-state index in [4.69, 9.17) is 4.74 Å². The summed E-state index contributed by atoms with van der Waals surface area (Å²) in [5.41, 5.74) is 1.44. The van der Waals surface area contributed by atoms with Gasteiger partial charge in [0.25, 0.3) is 0 Å². The zero-order valence-corrected chi connectivity index (χ0v) is 12.4. The predicted octanol–water partition coefficient (Wildman–Crippen LogP) is 6.26. The van der Waals surface area contributed by atoms with E-state index in [0.29, 0.717) is 0 Å². The summed E-state index contributed by atoms with van der Waals surface area (Å²) >= 11 is 0. The molecule has 1 aromatic rings. The third-order valence-corrected chi connectivity index (χ3v) is 4.01. The van der Waals surface area contributed by atoms with Gasteiger partial charge in [0.05, 0.1) is 0 Å². The van der Waals surface area contributed by atoms with Crippen LogP contribution in [0.4, 0.5) is 0 Å². The summed E-state index contributed by atoms with van der Waals surface area (Å²) < 4.78 is 5.28. The van der Waals surface area contributed by atoms with Gasteiger partial charge in [-0.1, -0.05) is 70.8 Å². The van der Waals surface area contributed by atoms with Crippen LogP contribution in [0, 0.1) is 0 Å². The summed E-state index contributed by atoms with van der Waals surface area (Å²) in [4.78, 5) is 0. The molecule has 0 radical (unpaired) electrons. The molecule has 2 rings (SSSR count). The molecule has 0 unspecified atom stereocenters. The van der Waals surface area contributed by atoms with Crippen LogP contribution in [-0.2, 0) is 6.42 Å². The van der Waals surface area contributed by atoms with Crippen LogP contribution in [-0.4, -0.2) is 0 Å². The molecule has 1 aliphatic heterocycles. The monoisotopic (exact) mass is 260 g/mol. The number of ether oxygens (including phenoxy) is 1. The zero-order valence-electron chi connectivity index (χ0n) is 12.4. The molecule has 0 bridgehead atoms. The second-order valence-corrected chi connectivity index (χ2v) is 5.82. The summed E-state index contributed by atoms with van der Waals surface area (Å²) in [6.45, 7) is 2.28. The average Bonchev–Trinajstić information content (AvgIpc) is 3.19. The van der Waals surface area contributed by atoms with Crippen molar-refractivity contribution in [1.29, 1.82) is 0 Å². The molecule has 0 amide bonds. The Kier molecular flexibility index (Phi) is 6.26. The fourth-order valence-corrected chi connectivity index (χ4v) is 2.68. The van der Waals surface area contributed by atoms with Crippen molar-refractivity contribution in [3.63, 3.8) is 0 Å². The van der Waals surface area contributed by atoms with Crippen molar-refractivity contribution in [2.75, 3.05) is 0 Å². The Labute approximate surface area is 118 Å². The third kappa shape index (κ3) is 5.67. The molecule has 0 aromatic heterocycles. The molecule has 106 valence electrons. The quantitative estimate of drug-likeness (QED) is 0.343. The Bertz CT molecular complexity index is 370. The van der Waals surface area contributed by atoms with Gasteiger partial charge < -0.3 is 4.74 Å². The second-order valence-electron chi connectivity index (χ2n) is 5.82. The third-order valence-electron chi connectivity index (χ3n) is 4.01. The van der Waals surface area contributed by atoms with Crippen molar-refractivity contribution in [1.82, 2.24) is 0 Å². The molecule has 0 saturated heterocycles. The Morgan fingerprint density at radius 3 is 2.00 bits per heavy atom. The maximum Gasteiger partial charge on any atom is 0.170 e. The largest absolute Gasteiger partial charge is 0.450 e. The van der Waals surface area contributed by atoms with Crippen LogP contribution in [0.2, 0.25) is 0 Å². The van der Waals surface area contributed by atoms with E-state index in [1.807, 2.05) is 0 Å². The van der Waals surface area contributed by atoms with E-state index >= 15 is 0 Å². The number of hydrogen-bond donors (Lipinski definition) is 0. The molecule has 19 heavy (non-hydrogen) atoms. The molecule has 0 aliphatic carbocycles. The Balaban J connectivity index is 1.38. The predicted molar refractivity (Wildman–Crippen MR) is 82.1 cm³/mol. The maximum absolute atomic E-state index is 5.28. The topological polar surface area (TPSA) is 12.5 Å². The second kappa shape index (κ2) is 8.24. The Hall–Kier alpha value is -0.980. The molecule has 1 heteroatoms. The van der Waals surface area contributed by atoms with Gasteiger partial charge in [0.1, 0.15) is 0 Å². The Morgan fingerprint density at radius 1 is 0.737 bits per heavy atom. The minimum Gasteiger partial charge on any atom is -0.450 e. The minimum atomic E-state index is 1.08. The van der Waals surface area contributed by atoms with E-state index in [9.17, 15) is 0 Å². The van der Waals surface area contributed by atoms with Crippen molar-refractivity contribution in [2.45, 2.75) is 77.6 Å². The summed E-state index contributed by atoms with van der Waals surface area (Å²) in [6.07, 6.45) is 15.3. The van der Waals surface area contributed by atoms with Crippen LogP contribution in [0.5, 0.6) is 11.5 Å². The van der Waals surface area contributed by atoms with Crippen molar-refractivity contribution >= 4 is 0 Å². The van der Waals surface area contributed by atoms with Crippen LogP contribution in [0.3, 0.4) is 0 Å². The molecule has 0 saturated carbocycles. The first-order valence-electron chi connectivity index (χ1n) is 8.21.